The van der Waals surface area contributed by atoms with Crippen molar-refractivity contribution in [1.82, 2.24) is 9.88 Å². The van der Waals surface area contributed by atoms with Gasteiger partial charge in [0.15, 0.2) is 0 Å². The van der Waals surface area contributed by atoms with Gasteiger partial charge < -0.3 is 15.0 Å². The zero-order valence-corrected chi connectivity index (χ0v) is 12.7. The fraction of sp³-hybridized carbons (Fsp3) is 0.688. The summed E-state index contributed by atoms with van der Waals surface area (Å²) in [5, 5.41) is 3.57. The molecule has 0 aliphatic carbocycles. The molecule has 0 bridgehead atoms. The number of likely N-dealkylation sites (tertiary alicyclic amines) is 1. The Morgan fingerprint density at radius 2 is 2.35 bits per heavy atom. The van der Waals surface area contributed by atoms with E-state index in [9.17, 15) is 0 Å². The first-order valence-electron chi connectivity index (χ1n) is 7.77. The third-order valence-electron chi connectivity index (χ3n) is 3.95. The largest absolute Gasteiger partial charge is 0.382 e. The lowest BCUT2D eigenvalue weighted by Crippen LogP contribution is -2.45. The third-order valence-corrected chi connectivity index (χ3v) is 3.95. The quantitative estimate of drug-likeness (QED) is 0.778. The molecule has 20 heavy (non-hydrogen) atoms. The number of anilines is 1. The van der Waals surface area contributed by atoms with Gasteiger partial charge >= 0.3 is 0 Å². The fourth-order valence-corrected chi connectivity index (χ4v) is 2.82. The van der Waals surface area contributed by atoms with Crippen LogP contribution in [0.2, 0.25) is 0 Å². The lowest BCUT2D eigenvalue weighted by Gasteiger charge is -2.37. The topological polar surface area (TPSA) is 37.4 Å². The number of piperidine rings is 1. The molecule has 112 valence electrons. The van der Waals surface area contributed by atoms with E-state index < -0.39 is 0 Å². The predicted octanol–water partition coefficient (Wildman–Crippen LogP) is 2.63. The minimum absolute atomic E-state index is 0.535. The Labute approximate surface area is 122 Å². The molecule has 0 radical (unpaired) electrons. The average molecular weight is 277 g/mol. The molecule has 2 rings (SSSR count). The zero-order valence-electron chi connectivity index (χ0n) is 12.7. The molecule has 2 atom stereocenters. The van der Waals surface area contributed by atoms with E-state index in [1.54, 1.807) is 0 Å². The van der Waals surface area contributed by atoms with Gasteiger partial charge in [-0.25, -0.2) is 4.98 Å². The van der Waals surface area contributed by atoms with Crippen LogP contribution in [0.4, 0.5) is 5.82 Å². The van der Waals surface area contributed by atoms with Crippen molar-refractivity contribution in [2.24, 2.45) is 5.92 Å². The van der Waals surface area contributed by atoms with E-state index >= 15 is 0 Å². The first kappa shape index (κ1) is 15.3. The Bertz CT molecular complexity index is 371. The van der Waals surface area contributed by atoms with Crippen LogP contribution in [0.5, 0.6) is 0 Å². The standard InChI is InChI=1S/C16H27N3O/c1-3-20-12-6-10-19-11-8-15(14(2)13-19)18-16-7-4-5-9-17-16/h4-5,7,9,14-15H,3,6,8,10-13H2,1-2H3,(H,17,18)/t14-,15+/m1/s1. The number of rotatable bonds is 7. The second-order valence-corrected chi connectivity index (χ2v) is 5.58. The Morgan fingerprint density at radius 3 is 3.05 bits per heavy atom. The van der Waals surface area contributed by atoms with Gasteiger partial charge in [-0.1, -0.05) is 13.0 Å². The van der Waals surface area contributed by atoms with Crippen molar-refractivity contribution in [1.29, 1.82) is 0 Å². The lowest BCUT2D eigenvalue weighted by molar-refractivity contribution is 0.117. The summed E-state index contributed by atoms with van der Waals surface area (Å²) in [6.45, 7) is 9.58. The van der Waals surface area contributed by atoms with E-state index in [0.717, 1.165) is 38.5 Å². The fourth-order valence-electron chi connectivity index (χ4n) is 2.82. The molecule has 0 aromatic carbocycles. The van der Waals surface area contributed by atoms with Gasteiger partial charge in [-0.15, -0.1) is 0 Å². The number of aromatic nitrogens is 1. The van der Waals surface area contributed by atoms with Crippen molar-refractivity contribution >= 4 is 5.82 Å². The maximum atomic E-state index is 5.40. The van der Waals surface area contributed by atoms with Crippen LogP contribution in [-0.4, -0.2) is 48.8 Å². The van der Waals surface area contributed by atoms with Gasteiger partial charge in [-0.2, -0.15) is 0 Å². The zero-order chi connectivity index (χ0) is 14.2. The van der Waals surface area contributed by atoms with Crippen LogP contribution in [-0.2, 0) is 4.74 Å². The molecular formula is C16H27N3O. The first-order chi connectivity index (χ1) is 9.79. The second kappa shape index (κ2) is 8.22. The molecule has 1 aromatic heterocycles. The number of nitrogens with one attached hydrogen (secondary N) is 1. The SMILES string of the molecule is CCOCCCN1CC[C@H](Nc2ccccn2)[C@H](C)C1. The summed E-state index contributed by atoms with van der Waals surface area (Å²) in [7, 11) is 0. The summed E-state index contributed by atoms with van der Waals surface area (Å²) in [6.07, 6.45) is 4.17. The van der Waals surface area contributed by atoms with Crippen molar-refractivity contribution in [3.05, 3.63) is 24.4 Å². The van der Waals surface area contributed by atoms with Crippen LogP contribution in [0.25, 0.3) is 0 Å². The summed E-state index contributed by atoms with van der Waals surface area (Å²) < 4.78 is 5.40. The molecule has 1 aromatic rings. The highest BCUT2D eigenvalue weighted by Gasteiger charge is 2.25. The summed E-state index contributed by atoms with van der Waals surface area (Å²) in [4.78, 5) is 6.91. The molecule has 1 N–H and O–H groups in total. The molecular weight excluding hydrogens is 250 g/mol. The van der Waals surface area contributed by atoms with Gasteiger partial charge in [0.2, 0.25) is 0 Å². The van der Waals surface area contributed by atoms with Gasteiger partial charge in [0, 0.05) is 45.1 Å². The van der Waals surface area contributed by atoms with E-state index in [1.165, 1.54) is 13.0 Å². The van der Waals surface area contributed by atoms with Crippen molar-refractivity contribution in [2.75, 3.05) is 38.2 Å². The summed E-state index contributed by atoms with van der Waals surface area (Å²) >= 11 is 0. The lowest BCUT2D eigenvalue weighted by atomic mass is 9.93. The van der Waals surface area contributed by atoms with Crippen LogP contribution in [0.3, 0.4) is 0 Å². The van der Waals surface area contributed by atoms with E-state index in [1.807, 2.05) is 24.4 Å². The summed E-state index contributed by atoms with van der Waals surface area (Å²) in [5.74, 6) is 1.65. The van der Waals surface area contributed by atoms with Crippen LogP contribution in [0.15, 0.2) is 24.4 Å². The average Bonchev–Trinajstić information content (AvgIpc) is 2.47. The molecule has 2 heterocycles. The summed E-state index contributed by atoms with van der Waals surface area (Å²) in [5.41, 5.74) is 0. The number of pyridine rings is 1. The highest BCUT2D eigenvalue weighted by Crippen LogP contribution is 2.20. The second-order valence-electron chi connectivity index (χ2n) is 5.58. The van der Waals surface area contributed by atoms with E-state index in [2.05, 4.69) is 29.0 Å². The molecule has 0 spiro atoms. The van der Waals surface area contributed by atoms with E-state index in [0.29, 0.717) is 12.0 Å². The number of nitrogens with zero attached hydrogens (tertiary/aromatic N) is 2. The van der Waals surface area contributed by atoms with Crippen molar-refractivity contribution < 1.29 is 4.74 Å². The molecule has 0 saturated carbocycles. The maximum Gasteiger partial charge on any atom is 0.126 e. The Kier molecular flexibility index (Phi) is 6.27. The highest BCUT2D eigenvalue weighted by molar-refractivity contribution is 5.34. The van der Waals surface area contributed by atoms with Gasteiger partial charge in [-0.05, 0) is 37.8 Å². The first-order valence-corrected chi connectivity index (χ1v) is 7.77. The molecule has 1 aliphatic heterocycles. The van der Waals surface area contributed by atoms with E-state index in [4.69, 9.17) is 4.74 Å². The Balaban J connectivity index is 1.72. The van der Waals surface area contributed by atoms with Crippen LogP contribution >= 0.6 is 0 Å². The maximum absolute atomic E-state index is 5.40. The van der Waals surface area contributed by atoms with E-state index in [-0.39, 0.29) is 0 Å². The molecule has 0 amide bonds. The Morgan fingerprint density at radius 1 is 1.45 bits per heavy atom. The number of hydrogen-bond acceptors (Lipinski definition) is 4. The number of ether oxygens (including phenoxy) is 1. The monoisotopic (exact) mass is 277 g/mol. The van der Waals surface area contributed by atoms with Crippen molar-refractivity contribution in [3.8, 4) is 0 Å². The molecule has 4 nitrogen and oxygen atoms in total. The minimum Gasteiger partial charge on any atom is -0.382 e. The van der Waals surface area contributed by atoms with Gasteiger partial charge in [0.05, 0.1) is 0 Å². The third kappa shape index (κ3) is 4.76. The normalized spacial score (nSPS) is 23.7. The molecule has 4 heteroatoms. The molecule has 0 unspecified atom stereocenters. The summed E-state index contributed by atoms with van der Waals surface area (Å²) in [6, 6.07) is 6.56. The highest BCUT2D eigenvalue weighted by atomic mass is 16.5. The number of hydrogen-bond donors (Lipinski definition) is 1. The minimum atomic E-state index is 0.535. The smallest absolute Gasteiger partial charge is 0.126 e. The van der Waals surface area contributed by atoms with Crippen LogP contribution in [0.1, 0.15) is 26.7 Å². The van der Waals surface area contributed by atoms with Crippen LogP contribution < -0.4 is 5.32 Å². The van der Waals surface area contributed by atoms with Crippen molar-refractivity contribution in [3.63, 3.8) is 0 Å². The predicted molar refractivity (Wildman–Crippen MR) is 83.0 cm³/mol. The Hall–Kier alpha value is -1.13. The van der Waals surface area contributed by atoms with Gasteiger partial charge in [0.1, 0.15) is 5.82 Å². The molecule has 1 fully saturated rings. The van der Waals surface area contributed by atoms with Crippen LogP contribution in [0, 0.1) is 5.92 Å². The van der Waals surface area contributed by atoms with Gasteiger partial charge in [0.25, 0.3) is 0 Å². The van der Waals surface area contributed by atoms with Crippen molar-refractivity contribution in [2.45, 2.75) is 32.7 Å². The molecule has 1 aliphatic rings. The van der Waals surface area contributed by atoms with Gasteiger partial charge in [-0.3, -0.25) is 0 Å². The molecule has 1 saturated heterocycles.